The van der Waals surface area contributed by atoms with Crippen molar-refractivity contribution < 1.29 is 9.53 Å². The van der Waals surface area contributed by atoms with Gasteiger partial charge >= 0.3 is 0 Å². The number of rotatable bonds is 7. The topological polar surface area (TPSA) is 51.2 Å². The van der Waals surface area contributed by atoms with Crippen molar-refractivity contribution in [3.63, 3.8) is 0 Å². The van der Waals surface area contributed by atoms with E-state index in [1.165, 1.54) is 5.56 Å². The van der Waals surface area contributed by atoms with Gasteiger partial charge in [-0.15, -0.1) is 11.3 Å². The van der Waals surface area contributed by atoms with Gasteiger partial charge in [0.15, 0.2) is 0 Å². The zero-order valence-electron chi connectivity index (χ0n) is 15.0. The van der Waals surface area contributed by atoms with Crippen molar-refractivity contribution >= 4 is 50.6 Å². The van der Waals surface area contributed by atoms with Crippen molar-refractivity contribution in [2.45, 2.75) is 23.4 Å². The molecule has 3 aromatic rings. The van der Waals surface area contributed by atoms with E-state index in [9.17, 15) is 4.79 Å². The molecule has 0 aliphatic carbocycles. The summed E-state index contributed by atoms with van der Waals surface area (Å²) < 4.78 is 7.37. The number of hydrogen-bond donors (Lipinski definition) is 1. The fourth-order valence-electron chi connectivity index (χ4n) is 2.42. The average Bonchev–Trinajstić information content (AvgIpc) is 3.10. The van der Waals surface area contributed by atoms with E-state index < -0.39 is 0 Å². The fraction of sp³-hybridized carbons (Fsp3) is 0.200. The number of nitrogens with zero attached hydrogens (tertiary/aromatic N) is 1. The summed E-state index contributed by atoms with van der Waals surface area (Å²) in [5.41, 5.74) is 3.77. The van der Waals surface area contributed by atoms with E-state index in [1.807, 2.05) is 42.6 Å². The Morgan fingerprint density at radius 2 is 2.04 bits per heavy atom. The number of methoxy groups -OCH3 is 1. The normalized spacial score (nSPS) is 10.6. The number of ether oxygens (including phenoxy) is 1. The first-order valence-electron chi connectivity index (χ1n) is 8.29. The second-order valence-electron chi connectivity index (χ2n) is 5.95. The predicted octanol–water partition coefficient (Wildman–Crippen LogP) is 5.70. The number of halogens is 1. The van der Waals surface area contributed by atoms with E-state index in [0.29, 0.717) is 11.4 Å². The Bertz CT molecular complexity index is 926. The molecule has 0 bridgehead atoms. The Hall–Kier alpha value is -1.83. The number of carbonyl (C=O) groups excluding carboxylic acids is 1. The minimum Gasteiger partial charge on any atom is -0.495 e. The highest BCUT2D eigenvalue weighted by Crippen LogP contribution is 2.28. The van der Waals surface area contributed by atoms with Crippen LogP contribution in [0.5, 0.6) is 5.75 Å². The second kappa shape index (κ2) is 9.39. The maximum atomic E-state index is 12.3. The van der Waals surface area contributed by atoms with Gasteiger partial charge in [-0.25, -0.2) is 4.98 Å². The highest BCUT2D eigenvalue weighted by Gasteiger charge is 2.11. The van der Waals surface area contributed by atoms with Crippen LogP contribution in [0.15, 0.2) is 56.7 Å². The number of amides is 1. The van der Waals surface area contributed by atoms with Gasteiger partial charge in [0.1, 0.15) is 10.1 Å². The van der Waals surface area contributed by atoms with Crippen LogP contribution >= 0.6 is 39.0 Å². The number of hydrogen-bond acceptors (Lipinski definition) is 5. The third kappa shape index (κ3) is 5.82. The van der Waals surface area contributed by atoms with Crippen LogP contribution in [0.3, 0.4) is 0 Å². The van der Waals surface area contributed by atoms with Gasteiger partial charge in [0.05, 0.1) is 24.9 Å². The molecular formula is C20H19BrN2O2S2. The van der Waals surface area contributed by atoms with Gasteiger partial charge in [-0.1, -0.05) is 45.9 Å². The van der Waals surface area contributed by atoms with Gasteiger partial charge in [0, 0.05) is 15.6 Å². The van der Waals surface area contributed by atoms with Gasteiger partial charge < -0.3 is 10.1 Å². The molecule has 0 radical (unpaired) electrons. The first kappa shape index (κ1) is 19.9. The van der Waals surface area contributed by atoms with Gasteiger partial charge in [-0.05, 0) is 42.3 Å². The molecule has 140 valence electrons. The Labute approximate surface area is 175 Å². The minimum atomic E-state index is -0.105. The van der Waals surface area contributed by atoms with Gasteiger partial charge in [-0.3, -0.25) is 4.79 Å². The second-order valence-corrected chi connectivity index (χ2v) is 8.94. The number of thioether (sulfide) groups is 1. The van der Waals surface area contributed by atoms with Crippen molar-refractivity contribution in [1.82, 2.24) is 4.98 Å². The molecule has 0 saturated heterocycles. The van der Waals surface area contributed by atoms with Gasteiger partial charge in [0.25, 0.3) is 0 Å². The Morgan fingerprint density at radius 3 is 2.78 bits per heavy atom. The van der Waals surface area contributed by atoms with Gasteiger partial charge in [-0.2, -0.15) is 0 Å². The van der Waals surface area contributed by atoms with E-state index in [-0.39, 0.29) is 12.3 Å². The molecule has 2 aromatic carbocycles. The summed E-state index contributed by atoms with van der Waals surface area (Å²) >= 11 is 6.69. The smallest absolute Gasteiger partial charge is 0.230 e. The summed E-state index contributed by atoms with van der Waals surface area (Å²) in [6, 6.07) is 13.9. The molecule has 0 saturated carbocycles. The summed E-state index contributed by atoms with van der Waals surface area (Å²) in [6.07, 6.45) is 0.242. The molecule has 1 amide bonds. The largest absolute Gasteiger partial charge is 0.495 e. The first-order chi connectivity index (χ1) is 13.0. The molecule has 0 fully saturated rings. The standard InChI is InChI=1S/C20H19BrN2O2S2/c1-13-3-8-17(18(9-13)25-2)23-19(24)10-16-12-27-20(22-16)26-11-14-4-6-15(21)7-5-14/h3-9,12H,10-11H2,1-2H3,(H,23,24). The van der Waals surface area contributed by atoms with Crippen molar-refractivity contribution in [2.24, 2.45) is 0 Å². The van der Waals surface area contributed by atoms with E-state index in [2.05, 4.69) is 38.4 Å². The molecule has 0 unspecified atom stereocenters. The predicted molar refractivity (Wildman–Crippen MR) is 116 cm³/mol. The third-order valence-corrected chi connectivity index (χ3v) is 6.45. The molecular weight excluding hydrogens is 444 g/mol. The molecule has 7 heteroatoms. The molecule has 1 heterocycles. The van der Waals surface area contributed by atoms with Crippen LogP contribution in [0.4, 0.5) is 5.69 Å². The number of aromatic nitrogens is 1. The van der Waals surface area contributed by atoms with Crippen molar-refractivity contribution in [3.05, 3.63) is 69.1 Å². The fourth-order valence-corrected chi connectivity index (χ4v) is 4.49. The quantitative estimate of drug-likeness (QED) is 0.457. The van der Waals surface area contributed by atoms with Crippen LogP contribution in [0.2, 0.25) is 0 Å². The number of nitrogens with one attached hydrogen (secondary N) is 1. The summed E-state index contributed by atoms with van der Waals surface area (Å²) in [7, 11) is 1.60. The summed E-state index contributed by atoms with van der Waals surface area (Å²) in [5, 5.41) is 4.84. The maximum Gasteiger partial charge on any atom is 0.230 e. The average molecular weight is 463 g/mol. The molecule has 1 N–H and O–H groups in total. The molecule has 0 aliphatic rings. The van der Waals surface area contributed by atoms with Crippen LogP contribution in [-0.2, 0) is 17.0 Å². The number of aryl methyl sites for hydroxylation is 1. The lowest BCUT2D eigenvalue weighted by atomic mass is 10.2. The molecule has 4 nitrogen and oxygen atoms in total. The SMILES string of the molecule is COc1cc(C)ccc1NC(=O)Cc1csc(SCc2ccc(Br)cc2)n1. The third-order valence-electron chi connectivity index (χ3n) is 3.78. The summed E-state index contributed by atoms with van der Waals surface area (Å²) in [6.45, 7) is 1.98. The molecule has 0 spiro atoms. The Morgan fingerprint density at radius 1 is 1.26 bits per heavy atom. The first-order valence-corrected chi connectivity index (χ1v) is 11.0. The van der Waals surface area contributed by atoms with Crippen LogP contribution in [-0.4, -0.2) is 18.0 Å². The van der Waals surface area contributed by atoms with Crippen molar-refractivity contribution in [3.8, 4) is 5.75 Å². The van der Waals surface area contributed by atoms with Crippen LogP contribution in [0.1, 0.15) is 16.8 Å². The van der Waals surface area contributed by atoms with Crippen LogP contribution in [0.25, 0.3) is 0 Å². The zero-order chi connectivity index (χ0) is 19.2. The van der Waals surface area contributed by atoms with E-state index in [1.54, 1.807) is 30.2 Å². The zero-order valence-corrected chi connectivity index (χ0v) is 18.2. The highest BCUT2D eigenvalue weighted by atomic mass is 79.9. The molecule has 1 aromatic heterocycles. The summed E-state index contributed by atoms with van der Waals surface area (Å²) in [4.78, 5) is 16.9. The monoisotopic (exact) mass is 462 g/mol. The number of carbonyl (C=O) groups is 1. The molecule has 27 heavy (non-hydrogen) atoms. The van der Waals surface area contributed by atoms with E-state index >= 15 is 0 Å². The number of thiazole rings is 1. The van der Waals surface area contributed by atoms with Crippen molar-refractivity contribution in [1.29, 1.82) is 0 Å². The van der Waals surface area contributed by atoms with Crippen LogP contribution < -0.4 is 10.1 Å². The lowest BCUT2D eigenvalue weighted by Crippen LogP contribution is -2.15. The molecule has 3 rings (SSSR count). The van der Waals surface area contributed by atoms with E-state index in [4.69, 9.17) is 4.74 Å². The molecule has 0 atom stereocenters. The van der Waals surface area contributed by atoms with Gasteiger partial charge in [0.2, 0.25) is 5.91 Å². The maximum absolute atomic E-state index is 12.3. The number of anilines is 1. The van der Waals surface area contributed by atoms with Crippen LogP contribution in [0, 0.1) is 6.92 Å². The Kier molecular flexibility index (Phi) is 6.93. The molecule has 0 aliphatic heterocycles. The lowest BCUT2D eigenvalue weighted by Gasteiger charge is -2.10. The highest BCUT2D eigenvalue weighted by molar-refractivity contribution is 9.10. The van der Waals surface area contributed by atoms with E-state index in [0.717, 1.165) is 25.8 Å². The minimum absolute atomic E-state index is 0.105. The number of benzene rings is 2. The summed E-state index contributed by atoms with van der Waals surface area (Å²) in [5.74, 6) is 1.41. The Balaban J connectivity index is 1.55. The van der Waals surface area contributed by atoms with Crippen molar-refractivity contribution in [2.75, 3.05) is 12.4 Å². The lowest BCUT2D eigenvalue weighted by molar-refractivity contribution is -0.115.